The number of methoxy groups -OCH3 is 1. The first kappa shape index (κ1) is 16.9. The third-order valence-corrected chi connectivity index (χ3v) is 5.92. The molecule has 24 heavy (non-hydrogen) atoms. The van der Waals surface area contributed by atoms with E-state index in [2.05, 4.69) is 15.9 Å². The Morgan fingerprint density at radius 2 is 1.79 bits per heavy atom. The van der Waals surface area contributed by atoms with E-state index in [1.807, 2.05) is 0 Å². The van der Waals surface area contributed by atoms with Gasteiger partial charge in [0.2, 0.25) is 9.84 Å². The molecule has 0 spiro atoms. The van der Waals surface area contributed by atoms with E-state index in [0.29, 0.717) is 14.8 Å². The van der Waals surface area contributed by atoms with Gasteiger partial charge in [-0.25, -0.2) is 8.42 Å². The van der Waals surface area contributed by atoms with Crippen LogP contribution in [-0.2, 0) is 9.84 Å². The molecular weight excluding hydrogens is 404 g/mol. The number of ether oxygens (including phenoxy) is 1. The van der Waals surface area contributed by atoms with Crippen LogP contribution in [-0.4, -0.2) is 20.1 Å². The number of sulfone groups is 1. The van der Waals surface area contributed by atoms with Gasteiger partial charge in [-0.3, -0.25) is 4.57 Å². The van der Waals surface area contributed by atoms with Crippen molar-refractivity contribution >= 4 is 36.7 Å². The number of hydrogen-bond acceptors (Lipinski definition) is 3. The molecule has 3 rings (SSSR count). The third kappa shape index (κ3) is 2.80. The summed E-state index contributed by atoms with van der Waals surface area (Å²) in [7, 11) is -2.47. The number of aromatic nitrogens is 1. The fourth-order valence-corrected chi connectivity index (χ4v) is 4.26. The highest BCUT2D eigenvalue weighted by molar-refractivity contribution is 9.10. The standard InChI is InChI=1S/C16H12BrF2NO3S/c1-23-11-3-5-12(6-4-11)24(21,22)15-9-20(16(18)19)14-8-10(17)2-7-13(14)15/h2-9,16H,1H3. The van der Waals surface area contributed by atoms with Crippen molar-refractivity contribution in [1.82, 2.24) is 4.57 Å². The number of halogens is 3. The average molecular weight is 416 g/mol. The van der Waals surface area contributed by atoms with Gasteiger partial charge < -0.3 is 4.74 Å². The summed E-state index contributed by atoms with van der Waals surface area (Å²) in [5, 5.41) is 0.245. The van der Waals surface area contributed by atoms with Crippen LogP contribution in [0.3, 0.4) is 0 Å². The molecule has 0 radical (unpaired) electrons. The van der Waals surface area contributed by atoms with Crippen LogP contribution < -0.4 is 4.74 Å². The van der Waals surface area contributed by atoms with Crippen LogP contribution in [0, 0.1) is 0 Å². The molecule has 0 bridgehead atoms. The van der Waals surface area contributed by atoms with Gasteiger partial charge in [0.05, 0.1) is 22.4 Å². The quantitative estimate of drug-likeness (QED) is 0.623. The molecule has 3 aromatic rings. The minimum atomic E-state index is -3.94. The van der Waals surface area contributed by atoms with Crippen LogP contribution in [0.5, 0.6) is 5.75 Å². The predicted octanol–water partition coefficient (Wildman–Crippen LogP) is 4.64. The van der Waals surface area contributed by atoms with Gasteiger partial charge in [-0.05, 0) is 36.4 Å². The predicted molar refractivity (Wildman–Crippen MR) is 89.3 cm³/mol. The van der Waals surface area contributed by atoms with E-state index < -0.39 is 16.4 Å². The molecule has 0 N–H and O–H groups in total. The molecule has 0 saturated carbocycles. The second-order valence-corrected chi connectivity index (χ2v) is 7.85. The first-order valence-corrected chi connectivity index (χ1v) is 9.09. The third-order valence-electron chi connectivity index (χ3n) is 3.63. The smallest absolute Gasteiger partial charge is 0.319 e. The zero-order valence-corrected chi connectivity index (χ0v) is 14.8. The second kappa shape index (κ2) is 6.18. The van der Waals surface area contributed by atoms with Gasteiger partial charge in [0.1, 0.15) is 5.75 Å². The Balaban J connectivity index is 2.24. The fraction of sp³-hybridized carbons (Fsp3) is 0.125. The van der Waals surface area contributed by atoms with Crippen molar-refractivity contribution in [2.24, 2.45) is 0 Å². The lowest BCUT2D eigenvalue weighted by Crippen LogP contribution is -2.02. The van der Waals surface area contributed by atoms with E-state index in [1.165, 1.54) is 43.5 Å². The molecule has 1 aromatic heterocycles. The van der Waals surface area contributed by atoms with E-state index in [-0.39, 0.29) is 20.7 Å². The second-order valence-electron chi connectivity index (χ2n) is 5.02. The first-order valence-electron chi connectivity index (χ1n) is 6.82. The molecule has 126 valence electrons. The fourth-order valence-electron chi connectivity index (χ4n) is 2.45. The summed E-state index contributed by atoms with van der Waals surface area (Å²) in [5.41, 5.74) is 0.145. The van der Waals surface area contributed by atoms with Gasteiger partial charge in [-0.2, -0.15) is 8.78 Å². The summed E-state index contributed by atoms with van der Waals surface area (Å²) in [5.74, 6) is 0.507. The van der Waals surface area contributed by atoms with Crippen molar-refractivity contribution < 1.29 is 21.9 Å². The summed E-state index contributed by atoms with van der Waals surface area (Å²) in [6.45, 7) is -2.85. The SMILES string of the molecule is COc1ccc(S(=O)(=O)c2cn(C(F)F)c3cc(Br)ccc23)cc1. The molecule has 0 saturated heterocycles. The molecule has 2 aromatic carbocycles. The van der Waals surface area contributed by atoms with Crippen LogP contribution in [0.4, 0.5) is 8.78 Å². The lowest BCUT2D eigenvalue weighted by atomic mass is 10.2. The van der Waals surface area contributed by atoms with Crippen molar-refractivity contribution in [1.29, 1.82) is 0 Å². The molecule has 8 heteroatoms. The van der Waals surface area contributed by atoms with Crippen LogP contribution in [0.25, 0.3) is 10.9 Å². The normalized spacial score (nSPS) is 12.0. The zero-order chi connectivity index (χ0) is 17.5. The molecule has 4 nitrogen and oxygen atoms in total. The molecule has 0 amide bonds. The Bertz CT molecular complexity index is 998. The highest BCUT2D eigenvalue weighted by atomic mass is 79.9. The molecule has 0 aliphatic carbocycles. The largest absolute Gasteiger partial charge is 0.497 e. The average Bonchev–Trinajstić information content (AvgIpc) is 2.94. The number of benzene rings is 2. The van der Waals surface area contributed by atoms with Crippen LogP contribution >= 0.6 is 15.9 Å². The Kier molecular flexibility index (Phi) is 4.35. The van der Waals surface area contributed by atoms with Gasteiger partial charge in [0, 0.05) is 16.1 Å². The van der Waals surface area contributed by atoms with E-state index in [1.54, 1.807) is 6.07 Å². The molecule has 0 fully saturated rings. The van der Waals surface area contributed by atoms with Gasteiger partial charge in [0.25, 0.3) is 0 Å². The lowest BCUT2D eigenvalue weighted by Gasteiger charge is -2.05. The van der Waals surface area contributed by atoms with Crippen LogP contribution in [0.1, 0.15) is 6.55 Å². The van der Waals surface area contributed by atoms with Crippen LogP contribution in [0.2, 0.25) is 0 Å². The summed E-state index contributed by atoms with van der Waals surface area (Å²) in [6.07, 6.45) is 0.974. The summed E-state index contributed by atoms with van der Waals surface area (Å²) in [6, 6.07) is 10.4. The molecule has 1 heterocycles. The van der Waals surface area contributed by atoms with Gasteiger partial charge in [0.15, 0.2) is 0 Å². The maximum atomic E-state index is 13.3. The summed E-state index contributed by atoms with van der Waals surface area (Å²) < 4.78 is 58.5. The van der Waals surface area contributed by atoms with Crippen LogP contribution in [0.15, 0.2) is 62.9 Å². The maximum absolute atomic E-state index is 13.3. The van der Waals surface area contributed by atoms with E-state index >= 15 is 0 Å². The molecular formula is C16H12BrF2NO3S. The lowest BCUT2D eigenvalue weighted by molar-refractivity contribution is 0.0748. The van der Waals surface area contributed by atoms with Crippen molar-refractivity contribution in [3.05, 3.63) is 53.1 Å². The van der Waals surface area contributed by atoms with Gasteiger partial charge in [-0.15, -0.1) is 0 Å². The Hall–Kier alpha value is -1.93. The number of hydrogen-bond donors (Lipinski definition) is 0. The van der Waals surface area contributed by atoms with Gasteiger partial charge in [-0.1, -0.05) is 22.0 Å². The van der Waals surface area contributed by atoms with Gasteiger partial charge >= 0.3 is 6.55 Å². The number of rotatable bonds is 4. The minimum Gasteiger partial charge on any atom is -0.497 e. The number of alkyl halides is 2. The van der Waals surface area contributed by atoms with E-state index in [0.717, 1.165) is 6.20 Å². The first-order chi connectivity index (χ1) is 11.3. The monoisotopic (exact) mass is 415 g/mol. The molecule has 0 aliphatic heterocycles. The number of fused-ring (bicyclic) bond motifs is 1. The Morgan fingerprint density at radius 1 is 1.12 bits per heavy atom. The Labute approximate surface area is 145 Å². The highest BCUT2D eigenvalue weighted by Crippen LogP contribution is 2.34. The van der Waals surface area contributed by atoms with Crippen molar-refractivity contribution in [2.45, 2.75) is 16.3 Å². The topological polar surface area (TPSA) is 48.3 Å². The Morgan fingerprint density at radius 3 is 2.38 bits per heavy atom. The molecule has 0 atom stereocenters. The van der Waals surface area contributed by atoms with Crippen molar-refractivity contribution in [3.8, 4) is 5.75 Å². The van der Waals surface area contributed by atoms with E-state index in [4.69, 9.17) is 4.74 Å². The van der Waals surface area contributed by atoms with Crippen molar-refractivity contribution in [2.75, 3.05) is 7.11 Å². The maximum Gasteiger partial charge on any atom is 0.319 e. The zero-order valence-electron chi connectivity index (χ0n) is 12.4. The van der Waals surface area contributed by atoms with Crippen molar-refractivity contribution in [3.63, 3.8) is 0 Å². The van der Waals surface area contributed by atoms with E-state index in [9.17, 15) is 17.2 Å². The minimum absolute atomic E-state index is 0.0135. The summed E-state index contributed by atoms with van der Waals surface area (Å²) in [4.78, 5) is -0.144. The molecule has 0 aliphatic rings. The molecule has 0 unspecified atom stereocenters. The highest BCUT2D eigenvalue weighted by Gasteiger charge is 2.25. The number of nitrogens with zero attached hydrogens (tertiary/aromatic N) is 1. The summed E-state index contributed by atoms with van der Waals surface area (Å²) >= 11 is 3.21.